The quantitative estimate of drug-likeness (QED) is 0.932. The van der Waals surface area contributed by atoms with Gasteiger partial charge >= 0.3 is 0 Å². The van der Waals surface area contributed by atoms with Gasteiger partial charge in [-0.3, -0.25) is 4.98 Å². The summed E-state index contributed by atoms with van der Waals surface area (Å²) in [5, 5.41) is 3.49. The highest BCUT2D eigenvalue weighted by Gasteiger charge is 2.23. The van der Waals surface area contributed by atoms with Crippen LogP contribution in [-0.4, -0.2) is 27.7 Å². The molecular formula is C14H20Cl2N4O. The average Bonchev–Trinajstić information content (AvgIpc) is 2.83. The Kier molecular flexibility index (Phi) is 7.11. The maximum absolute atomic E-state index is 5.80. The Morgan fingerprint density at radius 1 is 1.43 bits per heavy atom. The van der Waals surface area contributed by atoms with E-state index in [9.17, 15) is 0 Å². The molecule has 7 heteroatoms. The number of imidazole rings is 1. The Bertz CT molecular complexity index is 547. The molecule has 3 heterocycles. The fourth-order valence-electron chi connectivity index (χ4n) is 2.51. The van der Waals surface area contributed by atoms with E-state index in [-0.39, 0.29) is 30.9 Å². The first kappa shape index (κ1) is 17.9. The van der Waals surface area contributed by atoms with Crippen LogP contribution in [-0.2, 0) is 24.8 Å². The fourth-order valence-corrected chi connectivity index (χ4v) is 2.51. The first-order valence-corrected chi connectivity index (χ1v) is 6.54. The zero-order valence-electron chi connectivity index (χ0n) is 11.9. The van der Waals surface area contributed by atoms with Crippen LogP contribution in [0.3, 0.4) is 0 Å². The smallest absolute Gasteiger partial charge is 0.0949 e. The third-order valence-corrected chi connectivity index (χ3v) is 3.42. The molecule has 1 unspecified atom stereocenters. The van der Waals surface area contributed by atoms with Crippen LogP contribution in [0, 0.1) is 0 Å². The third kappa shape index (κ3) is 4.17. The highest BCUT2D eigenvalue weighted by atomic mass is 35.5. The second kappa shape index (κ2) is 8.34. The van der Waals surface area contributed by atoms with Gasteiger partial charge in [0.25, 0.3) is 0 Å². The molecule has 2 aromatic heterocycles. The van der Waals surface area contributed by atoms with Gasteiger partial charge in [0, 0.05) is 32.4 Å². The van der Waals surface area contributed by atoms with E-state index in [1.54, 1.807) is 6.20 Å². The van der Waals surface area contributed by atoms with Crippen molar-refractivity contribution < 1.29 is 4.74 Å². The molecule has 2 aromatic rings. The van der Waals surface area contributed by atoms with E-state index < -0.39 is 0 Å². The number of aryl methyl sites for hydroxylation is 1. The van der Waals surface area contributed by atoms with Crippen LogP contribution in [0.4, 0.5) is 0 Å². The number of hydrogen-bond acceptors (Lipinski definition) is 4. The van der Waals surface area contributed by atoms with E-state index in [0.717, 1.165) is 18.5 Å². The van der Waals surface area contributed by atoms with Gasteiger partial charge in [0.1, 0.15) is 0 Å². The molecule has 1 aliphatic heterocycles. The van der Waals surface area contributed by atoms with Crippen molar-refractivity contribution in [3.05, 3.63) is 47.8 Å². The number of hydrogen-bond donors (Lipinski definition) is 1. The molecule has 0 aromatic carbocycles. The van der Waals surface area contributed by atoms with Gasteiger partial charge < -0.3 is 14.6 Å². The molecular weight excluding hydrogens is 311 g/mol. The Balaban J connectivity index is 0.00000110. The van der Waals surface area contributed by atoms with Gasteiger partial charge in [-0.15, -0.1) is 24.8 Å². The van der Waals surface area contributed by atoms with Crippen LogP contribution < -0.4 is 5.32 Å². The monoisotopic (exact) mass is 330 g/mol. The van der Waals surface area contributed by atoms with Gasteiger partial charge in [0.2, 0.25) is 0 Å². The number of nitrogens with one attached hydrogen (secondary N) is 1. The Labute approximate surface area is 137 Å². The highest BCUT2D eigenvalue weighted by molar-refractivity contribution is 5.85. The molecule has 21 heavy (non-hydrogen) atoms. The third-order valence-electron chi connectivity index (χ3n) is 3.42. The zero-order chi connectivity index (χ0) is 13.1. The zero-order valence-corrected chi connectivity index (χ0v) is 13.5. The molecule has 0 amide bonds. The van der Waals surface area contributed by atoms with Crippen LogP contribution >= 0.6 is 24.8 Å². The minimum atomic E-state index is 0. The summed E-state index contributed by atoms with van der Waals surface area (Å²) < 4.78 is 7.88. The second-order valence-electron chi connectivity index (χ2n) is 4.82. The predicted octanol–water partition coefficient (Wildman–Crippen LogP) is 2.06. The average molecular weight is 331 g/mol. The lowest BCUT2D eigenvalue weighted by Crippen LogP contribution is -2.34. The summed E-state index contributed by atoms with van der Waals surface area (Å²) in [6, 6.07) is 4.18. The van der Waals surface area contributed by atoms with Crippen LogP contribution in [0.5, 0.6) is 0 Å². The van der Waals surface area contributed by atoms with Gasteiger partial charge in [-0.25, -0.2) is 4.98 Å². The summed E-state index contributed by atoms with van der Waals surface area (Å²) in [6.45, 7) is 2.21. The van der Waals surface area contributed by atoms with Crippen molar-refractivity contribution in [3.8, 4) is 0 Å². The molecule has 1 atom stereocenters. The van der Waals surface area contributed by atoms with E-state index in [1.165, 1.54) is 11.4 Å². The summed E-state index contributed by atoms with van der Waals surface area (Å²) in [5.41, 5.74) is 3.54. The highest BCUT2D eigenvalue weighted by Crippen LogP contribution is 2.21. The molecule has 1 aliphatic rings. The summed E-state index contributed by atoms with van der Waals surface area (Å²) in [6.07, 6.45) is 6.49. The lowest BCUT2D eigenvalue weighted by molar-refractivity contribution is 0.0948. The number of ether oxygens (including phenoxy) is 1. The summed E-state index contributed by atoms with van der Waals surface area (Å²) in [4.78, 5) is 8.51. The molecule has 5 nitrogen and oxygen atoms in total. The molecule has 0 spiro atoms. The van der Waals surface area contributed by atoms with E-state index in [1.807, 2.05) is 31.7 Å². The van der Waals surface area contributed by atoms with Crippen LogP contribution in [0.25, 0.3) is 0 Å². The molecule has 0 aliphatic carbocycles. The number of pyridine rings is 1. The number of nitrogens with zero attached hydrogens (tertiary/aromatic N) is 3. The molecule has 0 bridgehead atoms. The minimum absolute atomic E-state index is 0. The molecule has 3 rings (SSSR count). The SMILES string of the molecule is Cl.Cl.Cn1cnc2c1C(COCc1cccnc1)NCC2. The van der Waals surface area contributed by atoms with Gasteiger partial charge in [0.15, 0.2) is 0 Å². The van der Waals surface area contributed by atoms with Crippen LogP contribution in [0.1, 0.15) is 23.0 Å². The number of fused-ring (bicyclic) bond motifs is 1. The molecule has 0 radical (unpaired) electrons. The number of halogens is 2. The van der Waals surface area contributed by atoms with E-state index in [4.69, 9.17) is 4.74 Å². The van der Waals surface area contributed by atoms with Gasteiger partial charge in [-0.2, -0.15) is 0 Å². The van der Waals surface area contributed by atoms with Crippen molar-refractivity contribution in [2.24, 2.45) is 7.05 Å². The molecule has 0 saturated carbocycles. The van der Waals surface area contributed by atoms with Crippen molar-refractivity contribution in [3.63, 3.8) is 0 Å². The van der Waals surface area contributed by atoms with E-state index >= 15 is 0 Å². The number of rotatable bonds is 4. The van der Waals surface area contributed by atoms with E-state index in [0.29, 0.717) is 13.2 Å². The second-order valence-corrected chi connectivity index (χ2v) is 4.82. The molecule has 0 saturated heterocycles. The summed E-state index contributed by atoms with van der Waals surface area (Å²) in [7, 11) is 2.03. The lowest BCUT2D eigenvalue weighted by Gasteiger charge is -2.24. The predicted molar refractivity (Wildman–Crippen MR) is 86.0 cm³/mol. The van der Waals surface area contributed by atoms with Crippen LogP contribution in [0.2, 0.25) is 0 Å². The van der Waals surface area contributed by atoms with Gasteiger partial charge in [0.05, 0.1) is 37.0 Å². The normalized spacial score (nSPS) is 16.5. The maximum Gasteiger partial charge on any atom is 0.0949 e. The molecule has 0 fully saturated rings. The van der Waals surface area contributed by atoms with Crippen molar-refractivity contribution in [2.75, 3.05) is 13.2 Å². The Morgan fingerprint density at radius 3 is 3.05 bits per heavy atom. The maximum atomic E-state index is 5.80. The molecule has 1 N–H and O–H groups in total. The topological polar surface area (TPSA) is 52.0 Å². The number of aromatic nitrogens is 3. The first-order valence-electron chi connectivity index (χ1n) is 6.54. The standard InChI is InChI=1S/C14H18N4O.2ClH/c1-18-10-17-12-4-6-16-13(14(12)18)9-19-8-11-3-2-5-15-7-11;;/h2-3,5,7,10,13,16H,4,6,8-9H2,1H3;2*1H. The van der Waals surface area contributed by atoms with Crippen molar-refractivity contribution in [1.29, 1.82) is 0 Å². The van der Waals surface area contributed by atoms with E-state index in [2.05, 4.69) is 19.9 Å². The Morgan fingerprint density at radius 2 is 2.29 bits per heavy atom. The largest absolute Gasteiger partial charge is 0.375 e. The summed E-state index contributed by atoms with van der Waals surface area (Å²) >= 11 is 0. The first-order chi connectivity index (χ1) is 9.34. The fraction of sp³-hybridized carbons (Fsp3) is 0.429. The van der Waals surface area contributed by atoms with Gasteiger partial charge in [-0.05, 0) is 11.6 Å². The van der Waals surface area contributed by atoms with Crippen molar-refractivity contribution in [1.82, 2.24) is 19.9 Å². The van der Waals surface area contributed by atoms with Gasteiger partial charge in [-0.1, -0.05) is 6.07 Å². The lowest BCUT2D eigenvalue weighted by atomic mass is 10.1. The van der Waals surface area contributed by atoms with Crippen LogP contribution in [0.15, 0.2) is 30.9 Å². The Hall–Kier alpha value is -1.14. The molecule has 116 valence electrons. The summed E-state index contributed by atoms with van der Waals surface area (Å²) in [5.74, 6) is 0. The van der Waals surface area contributed by atoms with Crippen molar-refractivity contribution >= 4 is 24.8 Å². The minimum Gasteiger partial charge on any atom is -0.375 e. The van der Waals surface area contributed by atoms with Crippen molar-refractivity contribution in [2.45, 2.75) is 19.1 Å².